The van der Waals surface area contributed by atoms with Gasteiger partial charge in [0, 0.05) is 11.5 Å². The first-order chi connectivity index (χ1) is 8.23. The Hall–Kier alpha value is -0.0800. The van der Waals surface area contributed by atoms with Crippen molar-refractivity contribution in [2.24, 2.45) is 5.41 Å². The monoisotopic (exact) mass is 239 g/mol. The van der Waals surface area contributed by atoms with Gasteiger partial charge in [-0.15, -0.1) is 0 Å². The van der Waals surface area contributed by atoms with E-state index < -0.39 is 0 Å². The molecule has 2 aliphatic rings. The summed E-state index contributed by atoms with van der Waals surface area (Å²) in [5.74, 6) is 0. The maximum absolute atomic E-state index is 6.28. The molecule has 2 rings (SSSR count). The van der Waals surface area contributed by atoms with E-state index in [0.717, 1.165) is 6.42 Å². The summed E-state index contributed by atoms with van der Waals surface area (Å²) in [5, 5.41) is 3.53. The number of hydrogen-bond donors (Lipinski definition) is 1. The maximum Gasteiger partial charge on any atom is 0.0664 e. The molecule has 0 heterocycles. The Balaban J connectivity index is 2.02. The Morgan fingerprint density at radius 2 is 1.88 bits per heavy atom. The minimum atomic E-state index is 0.429. The summed E-state index contributed by atoms with van der Waals surface area (Å²) in [6, 6.07) is 0.703. The third kappa shape index (κ3) is 2.53. The molecule has 100 valence electrons. The normalized spacial score (nSPS) is 34.1. The number of ether oxygens (including phenoxy) is 1. The zero-order valence-electron chi connectivity index (χ0n) is 11.8. The molecule has 3 atom stereocenters. The summed E-state index contributed by atoms with van der Waals surface area (Å²) in [4.78, 5) is 0. The summed E-state index contributed by atoms with van der Waals surface area (Å²) in [7, 11) is 2.12. The highest BCUT2D eigenvalue weighted by molar-refractivity contribution is 5.08. The van der Waals surface area contributed by atoms with E-state index >= 15 is 0 Å². The van der Waals surface area contributed by atoms with Crippen LogP contribution in [0.2, 0.25) is 0 Å². The molecule has 2 fully saturated rings. The lowest BCUT2D eigenvalue weighted by Gasteiger charge is -2.56. The second-order valence-corrected chi connectivity index (χ2v) is 6.07. The third-order valence-corrected chi connectivity index (χ3v) is 5.14. The standard InChI is InChI=1S/C15H29NO/c1-4-12(2)17-14-11-13(16-3)15(14)9-7-5-6-8-10-15/h12-14,16H,4-11H2,1-3H3. The van der Waals surface area contributed by atoms with Crippen LogP contribution >= 0.6 is 0 Å². The van der Waals surface area contributed by atoms with Crippen molar-refractivity contribution in [3.8, 4) is 0 Å². The number of rotatable bonds is 4. The highest BCUT2D eigenvalue weighted by atomic mass is 16.5. The molecule has 0 aromatic rings. The molecule has 2 aliphatic carbocycles. The molecule has 0 bridgehead atoms. The summed E-state index contributed by atoms with van der Waals surface area (Å²) < 4.78 is 6.28. The lowest BCUT2D eigenvalue weighted by Crippen LogP contribution is -2.63. The highest BCUT2D eigenvalue weighted by Gasteiger charge is 2.54. The van der Waals surface area contributed by atoms with Crippen molar-refractivity contribution in [2.75, 3.05) is 7.05 Å². The van der Waals surface area contributed by atoms with Gasteiger partial charge in [0.15, 0.2) is 0 Å². The quantitative estimate of drug-likeness (QED) is 0.810. The molecule has 1 spiro atoms. The van der Waals surface area contributed by atoms with Crippen molar-refractivity contribution >= 4 is 0 Å². The van der Waals surface area contributed by atoms with Gasteiger partial charge in [-0.3, -0.25) is 0 Å². The first-order valence-electron chi connectivity index (χ1n) is 7.55. The summed E-state index contributed by atoms with van der Waals surface area (Å²) in [6.07, 6.45) is 11.7. The fourth-order valence-corrected chi connectivity index (χ4v) is 3.78. The molecular formula is C15H29NO. The van der Waals surface area contributed by atoms with E-state index in [4.69, 9.17) is 4.74 Å². The Kier molecular flexibility index (Phi) is 4.48. The van der Waals surface area contributed by atoms with Gasteiger partial charge in [0.05, 0.1) is 12.2 Å². The van der Waals surface area contributed by atoms with Crippen LogP contribution in [0.5, 0.6) is 0 Å². The van der Waals surface area contributed by atoms with E-state index in [-0.39, 0.29) is 0 Å². The molecule has 1 N–H and O–H groups in total. The van der Waals surface area contributed by atoms with E-state index in [2.05, 4.69) is 26.2 Å². The molecule has 0 aromatic heterocycles. The smallest absolute Gasteiger partial charge is 0.0664 e. The molecule has 17 heavy (non-hydrogen) atoms. The molecule has 2 nitrogen and oxygen atoms in total. The van der Waals surface area contributed by atoms with Crippen molar-refractivity contribution < 1.29 is 4.74 Å². The summed E-state index contributed by atoms with van der Waals surface area (Å²) in [5.41, 5.74) is 0.467. The Morgan fingerprint density at radius 3 is 2.41 bits per heavy atom. The molecule has 2 heteroatoms. The first kappa shape index (κ1) is 13.4. The molecule has 0 radical (unpaired) electrons. The minimum absolute atomic E-state index is 0.429. The SMILES string of the molecule is CCC(C)OC1CC(NC)C12CCCCCC2. The molecule has 0 aromatic carbocycles. The molecule has 0 aliphatic heterocycles. The van der Waals surface area contributed by atoms with Gasteiger partial charge >= 0.3 is 0 Å². The van der Waals surface area contributed by atoms with E-state index in [0.29, 0.717) is 23.7 Å². The van der Waals surface area contributed by atoms with Crippen molar-refractivity contribution in [1.82, 2.24) is 5.32 Å². The van der Waals surface area contributed by atoms with Crippen molar-refractivity contribution in [2.45, 2.75) is 83.5 Å². The number of nitrogens with one attached hydrogen (secondary N) is 1. The van der Waals surface area contributed by atoms with Crippen LogP contribution in [0.4, 0.5) is 0 Å². The topological polar surface area (TPSA) is 21.3 Å². The average Bonchev–Trinajstić information content (AvgIpc) is 2.61. The zero-order valence-corrected chi connectivity index (χ0v) is 11.8. The van der Waals surface area contributed by atoms with Gasteiger partial charge in [-0.05, 0) is 39.7 Å². The molecule has 0 saturated heterocycles. The lowest BCUT2D eigenvalue weighted by molar-refractivity contribution is -0.164. The summed E-state index contributed by atoms with van der Waals surface area (Å²) in [6.45, 7) is 4.44. The van der Waals surface area contributed by atoms with Crippen molar-refractivity contribution in [1.29, 1.82) is 0 Å². The Morgan fingerprint density at radius 1 is 1.24 bits per heavy atom. The second kappa shape index (κ2) is 5.71. The third-order valence-electron chi connectivity index (χ3n) is 5.14. The van der Waals surface area contributed by atoms with Crippen LogP contribution in [0.3, 0.4) is 0 Å². The van der Waals surface area contributed by atoms with Crippen LogP contribution in [-0.2, 0) is 4.74 Å². The van der Waals surface area contributed by atoms with E-state index in [1.54, 1.807) is 0 Å². The van der Waals surface area contributed by atoms with Crippen LogP contribution in [0.1, 0.15) is 65.2 Å². The first-order valence-corrected chi connectivity index (χ1v) is 7.55. The second-order valence-electron chi connectivity index (χ2n) is 6.07. The van der Waals surface area contributed by atoms with Crippen LogP contribution < -0.4 is 5.32 Å². The maximum atomic E-state index is 6.28. The van der Waals surface area contributed by atoms with Gasteiger partial charge in [-0.25, -0.2) is 0 Å². The van der Waals surface area contributed by atoms with Gasteiger partial charge in [0.25, 0.3) is 0 Å². The average molecular weight is 239 g/mol. The highest BCUT2D eigenvalue weighted by Crippen LogP contribution is 2.52. The molecule has 3 unspecified atom stereocenters. The number of hydrogen-bond acceptors (Lipinski definition) is 2. The van der Waals surface area contributed by atoms with Gasteiger partial charge in [0.2, 0.25) is 0 Å². The van der Waals surface area contributed by atoms with Crippen molar-refractivity contribution in [3.05, 3.63) is 0 Å². The van der Waals surface area contributed by atoms with Gasteiger partial charge in [0.1, 0.15) is 0 Å². The predicted molar refractivity (Wildman–Crippen MR) is 72.2 cm³/mol. The molecule has 2 saturated carbocycles. The fourth-order valence-electron chi connectivity index (χ4n) is 3.78. The van der Waals surface area contributed by atoms with Gasteiger partial charge in [-0.2, -0.15) is 0 Å². The van der Waals surface area contributed by atoms with Gasteiger partial charge in [-0.1, -0.05) is 32.6 Å². The zero-order chi connectivity index (χ0) is 12.3. The van der Waals surface area contributed by atoms with E-state index in [1.165, 1.54) is 44.9 Å². The molecule has 0 amide bonds. The molecular weight excluding hydrogens is 210 g/mol. The van der Waals surface area contributed by atoms with E-state index in [9.17, 15) is 0 Å². The predicted octanol–water partition coefficient (Wildman–Crippen LogP) is 3.50. The fraction of sp³-hybridized carbons (Fsp3) is 1.00. The van der Waals surface area contributed by atoms with Crippen molar-refractivity contribution in [3.63, 3.8) is 0 Å². The van der Waals surface area contributed by atoms with Crippen LogP contribution in [0, 0.1) is 5.41 Å². The summed E-state index contributed by atoms with van der Waals surface area (Å²) >= 11 is 0. The largest absolute Gasteiger partial charge is 0.375 e. The lowest BCUT2D eigenvalue weighted by atomic mass is 9.58. The minimum Gasteiger partial charge on any atom is -0.375 e. The van der Waals surface area contributed by atoms with Gasteiger partial charge < -0.3 is 10.1 Å². The van der Waals surface area contributed by atoms with Crippen LogP contribution in [-0.4, -0.2) is 25.3 Å². The van der Waals surface area contributed by atoms with Crippen LogP contribution in [0.25, 0.3) is 0 Å². The Labute approximate surface area is 107 Å². The van der Waals surface area contributed by atoms with E-state index in [1.807, 2.05) is 0 Å². The Bertz CT molecular complexity index is 233. The van der Waals surface area contributed by atoms with Crippen LogP contribution in [0.15, 0.2) is 0 Å².